The first-order valence-corrected chi connectivity index (χ1v) is 17.3. The van der Waals surface area contributed by atoms with Gasteiger partial charge in [0.1, 0.15) is 11.5 Å². The van der Waals surface area contributed by atoms with Crippen molar-refractivity contribution in [2.75, 3.05) is 0 Å². The Balaban J connectivity index is 1.47. The maximum Gasteiger partial charge on any atom is 0.134 e. The molecule has 8 rings (SSSR count). The molecule has 0 spiro atoms. The number of phenolic OH excluding ortho intramolecular Hbond substituents is 2. The van der Waals surface area contributed by atoms with E-state index in [0.717, 1.165) is 39.3 Å². The van der Waals surface area contributed by atoms with Gasteiger partial charge < -0.3 is 15.2 Å². The third-order valence-electron chi connectivity index (χ3n) is 9.74. The number of phenols is 2. The number of rotatable bonds is 1. The molecular weight excluding hydrogens is 629 g/mol. The standard InChI is InChI=1S/C45H40N4O2/c1-44(2,3)27-22-29-33-14-10-16-37(46-33)38-17-11-15-34(47-38)30-23-28(45(4,5)6)25-32(43(30)51)36-19-21-40(49-36)41(26-12-8-7-9-13-26)39-20-18-35(48-39)31(24-27)42(29)50/h7-25,48,50-51H,1-6H3/b41-40-. The van der Waals surface area contributed by atoms with E-state index in [1.165, 1.54) is 0 Å². The van der Waals surface area contributed by atoms with Gasteiger partial charge in [-0.3, -0.25) is 0 Å². The van der Waals surface area contributed by atoms with Gasteiger partial charge in [-0.05, 0) is 100 Å². The number of hydrogen-bond donors (Lipinski definition) is 3. The molecule has 0 aliphatic carbocycles. The smallest absolute Gasteiger partial charge is 0.134 e. The van der Waals surface area contributed by atoms with Crippen molar-refractivity contribution in [1.82, 2.24) is 15.0 Å². The Labute approximate surface area is 298 Å². The first-order valence-electron chi connectivity index (χ1n) is 17.3. The van der Waals surface area contributed by atoms with Gasteiger partial charge in [0.2, 0.25) is 0 Å². The highest BCUT2D eigenvalue weighted by atomic mass is 16.3. The number of aromatic amines is 1. The predicted molar refractivity (Wildman–Crippen MR) is 207 cm³/mol. The first-order chi connectivity index (χ1) is 24.3. The third-order valence-corrected chi connectivity index (χ3v) is 9.74. The largest absolute Gasteiger partial charge is 0.507 e. The van der Waals surface area contributed by atoms with Gasteiger partial charge in [0.05, 0.1) is 34.2 Å². The van der Waals surface area contributed by atoms with Crippen LogP contribution in [0.3, 0.4) is 0 Å². The number of H-pyrrole nitrogens is 1. The lowest BCUT2D eigenvalue weighted by Crippen LogP contribution is -2.13. The second kappa shape index (κ2) is 11.8. The SMILES string of the molecule is CC(C)(C)c1cc2c(O)c(c1)-c1cccc(n1)-c1cccc(n1)-c1cc(C(C)(C)C)cc(c1O)-c1ccc([nH]1)/C(c1ccccc1)=C1/C=CC2=N1. The van der Waals surface area contributed by atoms with Crippen LogP contribution in [-0.4, -0.2) is 30.9 Å². The molecule has 6 aromatic rings. The van der Waals surface area contributed by atoms with Crippen LogP contribution in [0, 0.1) is 0 Å². The summed E-state index contributed by atoms with van der Waals surface area (Å²) in [7, 11) is 0. The number of pyridine rings is 2. The number of allylic oxidation sites excluding steroid dienone is 2. The number of benzene rings is 3. The number of aromatic hydroxyl groups is 2. The molecule has 0 atom stereocenters. The minimum absolute atomic E-state index is 0.121. The van der Waals surface area contributed by atoms with Gasteiger partial charge in [-0.15, -0.1) is 0 Å². The van der Waals surface area contributed by atoms with Crippen LogP contribution in [0.4, 0.5) is 0 Å². The lowest BCUT2D eigenvalue weighted by atomic mass is 9.83. The van der Waals surface area contributed by atoms with Gasteiger partial charge in [0, 0.05) is 39.2 Å². The average molecular weight is 669 g/mol. The van der Waals surface area contributed by atoms with Crippen LogP contribution in [-0.2, 0) is 10.8 Å². The molecule has 0 unspecified atom stereocenters. The van der Waals surface area contributed by atoms with Crippen LogP contribution in [0.15, 0.2) is 126 Å². The maximum absolute atomic E-state index is 12.0. The quantitative estimate of drug-likeness (QED) is 0.163. The summed E-state index contributed by atoms with van der Waals surface area (Å²) >= 11 is 0. The van der Waals surface area contributed by atoms with Crippen molar-refractivity contribution in [2.24, 2.45) is 4.99 Å². The van der Waals surface area contributed by atoms with Crippen LogP contribution in [0.1, 0.15) is 69.5 Å². The van der Waals surface area contributed by atoms with Crippen molar-refractivity contribution in [3.63, 3.8) is 0 Å². The van der Waals surface area contributed by atoms with E-state index >= 15 is 0 Å². The van der Waals surface area contributed by atoms with Crippen LogP contribution in [0.2, 0.25) is 0 Å². The molecule has 3 aromatic heterocycles. The second-order valence-electron chi connectivity index (χ2n) is 15.4. The fourth-order valence-corrected chi connectivity index (χ4v) is 6.78. The summed E-state index contributed by atoms with van der Waals surface area (Å²) in [5.74, 6) is 0.266. The Morgan fingerprint density at radius 1 is 0.510 bits per heavy atom. The molecule has 2 aliphatic rings. The average Bonchev–Trinajstić information content (AvgIpc) is 3.79. The first kappa shape index (κ1) is 32.2. The summed E-state index contributed by atoms with van der Waals surface area (Å²) in [6.07, 6.45) is 3.97. The molecule has 3 N–H and O–H groups in total. The highest BCUT2D eigenvalue weighted by Crippen LogP contribution is 2.44. The summed E-state index contributed by atoms with van der Waals surface area (Å²) in [5, 5.41) is 24.0. The lowest BCUT2D eigenvalue weighted by molar-refractivity contribution is 0.474. The van der Waals surface area contributed by atoms with Crippen LogP contribution in [0.25, 0.3) is 50.7 Å². The van der Waals surface area contributed by atoms with E-state index in [1.807, 2.05) is 97.1 Å². The molecule has 0 amide bonds. The zero-order valence-corrected chi connectivity index (χ0v) is 29.7. The van der Waals surface area contributed by atoms with E-state index in [9.17, 15) is 10.2 Å². The Morgan fingerprint density at radius 2 is 1.02 bits per heavy atom. The lowest BCUT2D eigenvalue weighted by Gasteiger charge is -2.22. The molecule has 3 aromatic carbocycles. The van der Waals surface area contributed by atoms with E-state index in [4.69, 9.17) is 15.0 Å². The number of nitrogens with zero attached hydrogens (tertiary/aromatic N) is 3. The van der Waals surface area contributed by atoms with Gasteiger partial charge in [0.25, 0.3) is 0 Å². The number of aliphatic imine (C=N–C) groups is 1. The third kappa shape index (κ3) is 5.77. The highest BCUT2D eigenvalue weighted by Gasteiger charge is 2.26. The van der Waals surface area contributed by atoms with E-state index in [2.05, 4.69) is 64.7 Å². The zero-order valence-electron chi connectivity index (χ0n) is 29.7. The molecule has 6 heteroatoms. The molecule has 0 saturated carbocycles. The topological polar surface area (TPSA) is 94.4 Å². The number of fused-ring (bicyclic) bond motifs is 16. The molecule has 252 valence electrons. The van der Waals surface area contributed by atoms with Crippen molar-refractivity contribution in [2.45, 2.75) is 52.4 Å². The van der Waals surface area contributed by atoms with Crippen molar-refractivity contribution in [1.29, 1.82) is 0 Å². The highest BCUT2D eigenvalue weighted by molar-refractivity contribution is 6.15. The molecule has 12 bridgehead atoms. The molecule has 51 heavy (non-hydrogen) atoms. The molecule has 6 nitrogen and oxygen atoms in total. The Bertz CT molecular complexity index is 2450. The summed E-state index contributed by atoms with van der Waals surface area (Å²) in [6.45, 7) is 13.0. The summed E-state index contributed by atoms with van der Waals surface area (Å²) in [5.41, 5.74) is 11.9. The monoisotopic (exact) mass is 668 g/mol. The molecular formula is C45H40N4O2. The van der Waals surface area contributed by atoms with E-state index in [1.54, 1.807) is 0 Å². The number of nitrogens with one attached hydrogen (secondary N) is 1. The Kier molecular flexibility index (Phi) is 7.46. The van der Waals surface area contributed by atoms with Crippen molar-refractivity contribution >= 4 is 11.3 Å². The van der Waals surface area contributed by atoms with Crippen molar-refractivity contribution in [3.8, 4) is 56.7 Å². The van der Waals surface area contributed by atoms with Gasteiger partial charge in [-0.1, -0.05) is 84.0 Å². The van der Waals surface area contributed by atoms with Crippen molar-refractivity contribution in [3.05, 3.63) is 149 Å². The molecule has 0 radical (unpaired) electrons. The normalized spacial score (nSPS) is 15.2. The fourth-order valence-electron chi connectivity index (χ4n) is 6.78. The second-order valence-corrected chi connectivity index (χ2v) is 15.4. The van der Waals surface area contributed by atoms with E-state index < -0.39 is 0 Å². The van der Waals surface area contributed by atoms with Gasteiger partial charge in [-0.2, -0.15) is 0 Å². The van der Waals surface area contributed by atoms with Gasteiger partial charge in [0.15, 0.2) is 0 Å². The minimum atomic E-state index is -0.209. The Morgan fingerprint density at radius 3 is 1.61 bits per heavy atom. The molecule has 0 saturated heterocycles. The molecule has 2 aliphatic heterocycles. The predicted octanol–water partition coefficient (Wildman–Crippen LogP) is 10.6. The van der Waals surface area contributed by atoms with E-state index in [0.29, 0.717) is 50.7 Å². The summed E-state index contributed by atoms with van der Waals surface area (Å²) in [6, 6.07) is 34.0. The number of hydrogen-bond acceptors (Lipinski definition) is 5. The molecule has 5 heterocycles. The van der Waals surface area contributed by atoms with Crippen LogP contribution >= 0.6 is 0 Å². The fraction of sp³-hybridized carbons (Fsp3) is 0.178. The minimum Gasteiger partial charge on any atom is -0.507 e. The number of aromatic nitrogens is 3. The van der Waals surface area contributed by atoms with Crippen molar-refractivity contribution < 1.29 is 10.2 Å². The van der Waals surface area contributed by atoms with Crippen LogP contribution < -0.4 is 0 Å². The molecule has 0 fully saturated rings. The summed E-state index contributed by atoms with van der Waals surface area (Å²) < 4.78 is 0. The Hall–Kier alpha value is -6.01. The van der Waals surface area contributed by atoms with Gasteiger partial charge >= 0.3 is 0 Å². The van der Waals surface area contributed by atoms with E-state index in [-0.39, 0.29) is 22.3 Å². The van der Waals surface area contributed by atoms with Gasteiger partial charge in [-0.25, -0.2) is 15.0 Å². The maximum atomic E-state index is 12.0. The summed E-state index contributed by atoms with van der Waals surface area (Å²) in [4.78, 5) is 18.9. The van der Waals surface area contributed by atoms with Crippen LogP contribution in [0.5, 0.6) is 11.5 Å². The zero-order chi connectivity index (χ0) is 35.7.